The van der Waals surface area contributed by atoms with Gasteiger partial charge in [-0.15, -0.1) is 0 Å². The molecule has 1 aliphatic rings. The lowest BCUT2D eigenvalue weighted by Gasteiger charge is -2.35. The minimum Gasteiger partial charge on any atom is -0.494 e. The van der Waals surface area contributed by atoms with Crippen LogP contribution in [0.4, 0.5) is 0 Å². The van der Waals surface area contributed by atoms with Gasteiger partial charge >= 0.3 is 0 Å². The van der Waals surface area contributed by atoms with Crippen molar-refractivity contribution in [1.82, 2.24) is 4.90 Å². The Balaban J connectivity index is 1.69. The SMILES string of the molecule is CC[C@H]1CCCCN1C(=O)CCCOc1ccccc1. The Morgan fingerprint density at radius 1 is 1.30 bits per heavy atom. The summed E-state index contributed by atoms with van der Waals surface area (Å²) in [6, 6.07) is 10.2. The normalized spacial score (nSPS) is 18.9. The van der Waals surface area contributed by atoms with E-state index in [1.54, 1.807) is 0 Å². The Kier molecular flexibility index (Phi) is 5.90. The van der Waals surface area contributed by atoms with Crippen LogP contribution in [0.5, 0.6) is 5.75 Å². The summed E-state index contributed by atoms with van der Waals surface area (Å²) in [6.07, 6.45) is 6.06. The van der Waals surface area contributed by atoms with E-state index in [4.69, 9.17) is 4.74 Å². The number of likely N-dealkylation sites (tertiary alicyclic amines) is 1. The number of benzene rings is 1. The number of hydrogen-bond acceptors (Lipinski definition) is 2. The first-order valence-electron chi connectivity index (χ1n) is 7.78. The summed E-state index contributed by atoms with van der Waals surface area (Å²) in [5.41, 5.74) is 0. The lowest BCUT2D eigenvalue weighted by Crippen LogP contribution is -2.43. The molecule has 1 aromatic carbocycles. The molecule has 3 heteroatoms. The van der Waals surface area contributed by atoms with E-state index < -0.39 is 0 Å². The van der Waals surface area contributed by atoms with E-state index in [1.807, 2.05) is 30.3 Å². The molecule has 0 aromatic heterocycles. The molecule has 1 aromatic rings. The molecular weight excluding hydrogens is 250 g/mol. The summed E-state index contributed by atoms with van der Waals surface area (Å²) in [4.78, 5) is 14.3. The highest BCUT2D eigenvalue weighted by molar-refractivity contribution is 5.76. The Morgan fingerprint density at radius 3 is 2.85 bits per heavy atom. The second kappa shape index (κ2) is 7.93. The molecule has 20 heavy (non-hydrogen) atoms. The molecule has 0 spiro atoms. The lowest BCUT2D eigenvalue weighted by molar-refractivity contribution is -0.135. The molecule has 0 N–H and O–H groups in total. The van der Waals surface area contributed by atoms with Crippen LogP contribution in [-0.4, -0.2) is 30.0 Å². The predicted octanol–water partition coefficient (Wildman–Crippen LogP) is 3.64. The Bertz CT molecular complexity index is 405. The topological polar surface area (TPSA) is 29.5 Å². The molecule has 0 radical (unpaired) electrons. The Hall–Kier alpha value is -1.51. The van der Waals surface area contributed by atoms with E-state index in [0.29, 0.717) is 25.0 Å². The van der Waals surface area contributed by atoms with Gasteiger partial charge in [-0.25, -0.2) is 0 Å². The molecule has 1 aliphatic heterocycles. The van der Waals surface area contributed by atoms with Crippen molar-refractivity contribution >= 4 is 5.91 Å². The highest BCUT2D eigenvalue weighted by Gasteiger charge is 2.24. The maximum Gasteiger partial charge on any atom is 0.222 e. The van der Waals surface area contributed by atoms with Gasteiger partial charge in [0.15, 0.2) is 0 Å². The zero-order valence-corrected chi connectivity index (χ0v) is 12.4. The highest BCUT2D eigenvalue weighted by atomic mass is 16.5. The van der Waals surface area contributed by atoms with Crippen molar-refractivity contribution in [3.63, 3.8) is 0 Å². The van der Waals surface area contributed by atoms with Crippen LogP contribution < -0.4 is 4.74 Å². The molecule has 0 saturated carbocycles. The summed E-state index contributed by atoms with van der Waals surface area (Å²) < 4.78 is 5.63. The van der Waals surface area contributed by atoms with Crippen molar-refractivity contribution in [2.24, 2.45) is 0 Å². The first kappa shape index (κ1) is 14.9. The molecular formula is C17H25NO2. The van der Waals surface area contributed by atoms with Crippen molar-refractivity contribution in [3.8, 4) is 5.75 Å². The first-order chi connectivity index (χ1) is 9.81. The van der Waals surface area contributed by atoms with Crippen LogP contribution in [0.1, 0.15) is 45.4 Å². The molecule has 3 nitrogen and oxygen atoms in total. The number of para-hydroxylation sites is 1. The molecule has 2 rings (SSSR count). The van der Waals surface area contributed by atoms with Crippen LogP contribution in [0.15, 0.2) is 30.3 Å². The van der Waals surface area contributed by atoms with Gasteiger partial charge in [-0.3, -0.25) is 4.79 Å². The number of nitrogens with zero attached hydrogens (tertiary/aromatic N) is 1. The fraction of sp³-hybridized carbons (Fsp3) is 0.588. The third kappa shape index (κ3) is 4.26. The van der Waals surface area contributed by atoms with Gasteiger partial charge in [-0.05, 0) is 44.2 Å². The second-order valence-corrected chi connectivity index (χ2v) is 5.41. The standard InChI is InChI=1S/C17H25NO2/c1-2-15-9-6-7-13-18(15)17(19)12-8-14-20-16-10-4-3-5-11-16/h3-5,10-11,15H,2,6-9,12-14H2,1H3/t15-/m0/s1. The van der Waals surface area contributed by atoms with Gasteiger partial charge in [0.2, 0.25) is 5.91 Å². The van der Waals surface area contributed by atoms with Crippen LogP contribution >= 0.6 is 0 Å². The summed E-state index contributed by atoms with van der Waals surface area (Å²) in [6.45, 7) is 3.73. The van der Waals surface area contributed by atoms with Gasteiger partial charge in [-0.2, -0.15) is 0 Å². The number of rotatable bonds is 6. The number of carbonyl (C=O) groups is 1. The third-order valence-corrected chi connectivity index (χ3v) is 3.97. The molecule has 1 amide bonds. The van der Waals surface area contributed by atoms with Crippen molar-refractivity contribution in [1.29, 1.82) is 0 Å². The van der Waals surface area contributed by atoms with Crippen molar-refractivity contribution in [3.05, 3.63) is 30.3 Å². The van der Waals surface area contributed by atoms with Crippen molar-refractivity contribution in [2.75, 3.05) is 13.2 Å². The van der Waals surface area contributed by atoms with Crippen molar-refractivity contribution in [2.45, 2.75) is 51.5 Å². The summed E-state index contributed by atoms with van der Waals surface area (Å²) in [5.74, 6) is 1.18. The minimum atomic E-state index is 0.299. The van der Waals surface area contributed by atoms with E-state index in [-0.39, 0.29) is 0 Å². The van der Waals surface area contributed by atoms with E-state index in [0.717, 1.165) is 31.6 Å². The van der Waals surface area contributed by atoms with E-state index in [1.165, 1.54) is 12.8 Å². The molecule has 110 valence electrons. The number of piperidine rings is 1. The maximum atomic E-state index is 12.2. The fourth-order valence-corrected chi connectivity index (χ4v) is 2.83. The van der Waals surface area contributed by atoms with E-state index in [9.17, 15) is 4.79 Å². The Morgan fingerprint density at radius 2 is 2.10 bits per heavy atom. The molecule has 1 atom stereocenters. The zero-order valence-electron chi connectivity index (χ0n) is 12.4. The molecule has 0 bridgehead atoms. The monoisotopic (exact) mass is 275 g/mol. The molecule has 1 heterocycles. The van der Waals surface area contributed by atoms with Crippen LogP contribution in [0.2, 0.25) is 0 Å². The Labute approximate surface area is 121 Å². The smallest absolute Gasteiger partial charge is 0.222 e. The van der Waals surface area contributed by atoms with Crippen molar-refractivity contribution < 1.29 is 9.53 Å². The molecule has 0 unspecified atom stereocenters. The van der Waals surface area contributed by atoms with Gasteiger partial charge < -0.3 is 9.64 Å². The summed E-state index contributed by atoms with van der Waals surface area (Å²) in [5, 5.41) is 0. The van der Waals surface area contributed by atoms with Gasteiger partial charge in [0.25, 0.3) is 0 Å². The first-order valence-corrected chi connectivity index (χ1v) is 7.78. The largest absolute Gasteiger partial charge is 0.494 e. The van der Waals surface area contributed by atoms with Gasteiger partial charge in [-0.1, -0.05) is 25.1 Å². The third-order valence-electron chi connectivity index (χ3n) is 3.97. The predicted molar refractivity (Wildman–Crippen MR) is 80.8 cm³/mol. The zero-order chi connectivity index (χ0) is 14.2. The fourth-order valence-electron chi connectivity index (χ4n) is 2.83. The van der Waals surface area contributed by atoms with Gasteiger partial charge in [0.1, 0.15) is 5.75 Å². The molecule has 0 aliphatic carbocycles. The molecule has 1 saturated heterocycles. The summed E-state index contributed by atoms with van der Waals surface area (Å²) >= 11 is 0. The van der Waals surface area contributed by atoms with Crippen LogP contribution in [0, 0.1) is 0 Å². The highest BCUT2D eigenvalue weighted by Crippen LogP contribution is 2.20. The quantitative estimate of drug-likeness (QED) is 0.742. The number of hydrogen-bond donors (Lipinski definition) is 0. The number of ether oxygens (including phenoxy) is 1. The number of amides is 1. The van der Waals surface area contributed by atoms with Gasteiger partial charge in [0.05, 0.1) is 6.61 Å². The van der Waals surface area contributed by atoms with Crippen LogP contribution in [0.3, 0.4) is 0 Å². The summed E-state index contributed by atoms with van der Waals surface area (Å²) in [7, 11) is 0. The van der Waals surface area contributed by atoms with Gasteiger partial charge in [0, 0.05) is 19.0 Å². The maximum absolute atomic E-state index is 12.2. The number of carbonyl (C=O) groups excluding carboxylic acids is 1. The minimum absolute atomic E-state index is 0.299. The average Bonchev–Trinajstić information content (AvgIpc) is 2.52. The van der Waals surface area contributed by atoms with Crippen LogP contribution in [0.25, 0.3) is 0 Å². The van der Waals surface area contributed by atoms with E-state index in [2.05, 4.69) is 11.8 Å². The average molecular weight is 275 g/mol. The molecule has 1 fully saturated rings. The van der Waals surface area contributed by atoms with E-state index >= 15 is 0 Å². The lowest BCUT2D eigenvalue weighted by atomic mass is 9.99. The second-order valence-electron chi connectivity index (χ2n) is 5.41. The van der Waals surface area contributed by atoms with Crippen LogP contribution in [-0.2, 0) is 4.79 Å².